The molecular weight excluding hydrogens is 160 g/mol. The summed E-state index contributed by atoms with van der Waals surface area (Å²) >= 11 is 0. The van der Waals surface area contributed by atoms with E-state index in [9.17, 15) is 0 Å². The van der Waals surface area contributed by atoms with E-state index < -0.39 is 0 Å². The number of anilines is 1. The normalized spacial score (nSPS) is 12.5. The van der Waals surface area contributed by atoms with Gasteiger partial charge in [0.2, 0.25) is 0 Å². The van der Waals surface area contributed by atoms with Crippen molar-refractivity contribution in [2.45, 2.75) is 19.4 Å². The van der Waals surface area contributed by atoms with Gasteiger partial charge >= 0.3 is 0 Å². The highest BCUT2D eigenvalue weighted by Gasteiger charge is 2.06. The number of benzene rings is 1. The molecular formula is C11H16N2. The first-order valence-electron chi connectivity index (χ1n) is 4.37. The van der Waals surface area contributed by atoms with Gasteiger partial charge in [-0.05, 0) is 36.6 Å². The number of hydrogen-bond donors (Lipinski definition) is 2. The van der Waals surface area contributed by atoms with Gasteiger partial charge in [-0.15, -0.1) is 6.58 Å². The zero-order valence-corrected chi connectivity index (χ0v) is 7.96. The van der Waals surface area contributed by atoms with Gasteiger partial charge in [0, 0.05) is 11.7 Å². The van der Waals surface area contributed by atoms with Crippen LogP contribution in [-0.4, -0.2) is 0 Å². The van der Waals surface area contributed by atoms with Crippen LogP contribution in [0, 0.1) is 6.92 Å². The van der Waals surface area contributed by atoms with Gasteiger partial charge in [-0.3, -0.25) is 0 Å². The highest BCUT2D eigenvalue weighted by molar-refractivity contribution is 5.45. The summed E-state index contributed by atoms with van der Waals surface area (Å²) in [6.07, 6.45) is 2.63. The molecule has 0 heterocycles. The van der Waals surface area contributed by atoms with Crippen molar-refractivity contribution >= 4 is 5.69 Å². The fourth-order valence-electron chi connectivity index (χ4n) is 1.42. The van der Waals surface area contributed by atoms with Crippen molar-refractivity contribution in [3.63, 3.8) is 0 Å². The van der Waals surface area contributed by atoms with E-state index in [1.54, 1.807) is 0 Å². The predicted molar refractivity (Wildman–Crippen MR) is 57.3 cm³/mol. The average Bonchev–Trinajstić information content (AvgIpc) is 2.04. The van der Waals surface area contributed by atoms with Crippen LogP contribution in [0.3, 0.4) is 0 Å². The summed E-state index contributed by atoms with van der Waals surface area (Å²) in [6.45, 7) is 5.69. The maximum absolute atomic E-state index is 5.94. The Kier molecular flexibility index (Phi) is 3.09. The summed E-state index contributed by atoms with van der Waals surface area (Å²) in [5.41, 5.74) is 14.7. The van der Waals surface area contributed by atoms with E-state index in [4.69, 9.17) is 11.5 Å². The average molecular weight is 176 g/mol. The molecule has 0 aliphatic carbocycles. The molecule has 0 bridgehead atoms. The first-order chi connectivity index (χ1) is 6.15. The number of hydrogen-bond acceptors (Lipinski definition) is 2. The Morgan fingerprint density at radius 1 is 1.54 bits per heavy atom. The number of rotatable bonds is 3. The van der Waals surface area contributed by atoms with Gasteiger partial charge in [0.15, 0.2) is 0 Å². The molecule has 1 aromatic rings. The van der Waals surface area contributed by atoms with Gasteiger partial charge in [0.25, 0.3) is 0 Å². The Balaban J connectivity index is 2.94. The minimum absolute atomic E-state index is 0.0399. The van der Waals surface area contributed by atoms with Crippen molar-refractivity contribution in [3.05, 3.63) is 42.0 Å². The monoisotopic (exact) mass is 176 g/mol. The quantitative estimate of drug-likeness (QED) is 0.547. The second kappa shape index (κ2) is 4.10. The van der Waals surface area contributed by atoms with E-state index in [1.807, 2.05) is 31.2 Å². The molecule has 1 atom stereocenters. The van der Waals surface area contributed by atoms with E-state index in [0.29, 0.717) is 0 Å². The van der Waals surface area contributed by atoms with Gasteiger partial charge in [-0.2, -0.15) is 0 Å². The minimum Gasteiger partial charge on any atom is -0.399 e. The third kappa shape index (κ3) is 2.33. The fourth-order valence-corrected chi connectivity index (χ4v) is 1.42. The van der Waals surface area contributed by atoms with Gasteiger partial charge in [-0.1, -0.05) is 12.1 Å². The molecule has 1 rings (SSSR count). The van der Waals surface area contributed by atoms with Crippen molar-refractivity contribution < 1.29 is 0 Å². The molecule has 70 valence electrons. The lowest BCUT2D eigenvalue weighted by Crippen LogP contribution is -2.10. The molecule has 0 aliphatic heterocycles. The van der Waals surface area contributed by atoms with Gasteiger partial charge in [0.05, 0.1) is 0 Å². The van der Waals surface area contributed by atoms with Gasteiger partial charge < -0.3 is 11.5 Å². The molecule has 2 nitrogen and oxygen atoms in total. The van der Waals surface area contributed by atoms with Crippen LogP contribution in [0.15, 0.2) is 30.9 Å². The van der Waals surface area contributed by atoms with Gasteiger partial charge in [0.1, 0.15) is 0 Å². The summed E-state index contributed by atoms with van der Waals surface area (Å²) in [6, 6.07) is 5.85. The van der Waals surface area contributed by atoms with E-state index in [-0.39, 0.29) is 6.04 Å². The lowest BCUT2D eigenvalue weighted by molar-refractivity contribution is 0.736. The maximum atomic E-state index is 5.94. The summed E-state index contributed by atoms with van der Waals surface area (Å²) in [4.78, 5) is 0. The van der Waals surface area contributed by atoms with E-state index in [2.05, 4.69) is 6.58 Å². The summed E-state index contributed by atoms with van der Waals surface area (Å²) in [5, 5.41) is 0. The van der Waals surface area contributed by atoms with E-state index >= 15 is 0 Å². The summed E-state index contributed by atoms with van der Waals surface area (Å²) in [5.74, 6) is 0. The number of nitrogens with two attached hydrogens (primary N) is 2. The van der Waals surface area contributed by atoms with Crippen LogP contribution in [0.4, 0.5) is 5.69 Å². The molecule has 0 saturated carbocycles. The van der Waals surface area contributed by atoms with E-state index in [1.165, 1.54) is 0 Å². The molecule has 0 aromatic heterocycles. The van der Waals surface area contributed by atoms with Crippen molar-refractivity contribution in [1.29, 1.82) is 0 Å². The molecule has 0 saturated heterocycles. The zero-order chi connectivity index (χ0) is 9.84. The minimum atomic E-state index is 0.0399. The van der Waals surface area contributed by atoms with Gasteiger partial charge in [-0.25, -0.2) is 0 Å². The van der Waals surface area contributed by atoms with Crippen LogP contribution in [0.1, 0.15) is 23.6 Å². The smallest absolute Gasteiger partial charge is 0.0332 e. The third-order valence-corrected chi connectivity index (χ3v) is 2.11. The Morgan fingerprint density at radius 2 is 2.23 bits per heavy atom. The van der Waals surface area contributed by atoms with Crippen molar-refractivity contribution in [3.8, 4) is 0 Å². The number of nitrogen functional groups attached to an aromatic ring is 1. The lowest BCUT2D eigenvalue weighted by Gasteiger charge is -2.12. The SMILES string of the molecule is C=CC[C@@H](N)c1ccc(N)cc1C. The molecule has 0 fully saturated rings. The Bertz CT molecular complexity index is 305. The lowest BCUT2D eigenvalue weighted by atomic mass is 9.99. The Labute approximate surface area is 79.2 Å². The largest absolute Gasteiger partial charge is 0.399 e. The highest BCUT2D eigenvalue weighted by Crippen LogP contribution is 2.20. The molecule has 0 spiro atoms. The molecule has 0 radical (unpaired) electrons. The maximum Gasteiger partial charge on any atom is 0.0332 e. The van der Waals surface area contributed by atoms with Crippen LogP contribution in [-0.2, 0) is 0 Å². The topological polar surface area (TPSA) is 52.0 Å². The predicted octanol–water partition coefficient (Wildman–Crippen LogP) is 2.15. The molecule has 0 unspecified atom stereocenters. The molecule has 2 heteroatoms. The molecule has 0 amide bonds. The highest BCUT2D eigenvalue weighted by atomic mass is 14.6. The van der Waals surface area contributed by atoms with Crippen LogP contribution < -0.4 is 11.5 Å². The van der Waals surface area contributed by atoms with Crippen molar-refractivity contribution in [1.82, 2.24) is 0 Å². The van der Waals surface area contributed by atoms with Crippen molar-refractivity contribution in [2.24, 2.45) is 5.73 Å². The Hall–Kier alpha value is -1.28. The zero-order valence-electron chi connectivity index (χ0n) is 7.96. The van der Waals surface area contributed by atoms with Crippen molar-refractivity contribution in [2.75, 3.05) is 5.73 Å². The fraction of sp³-hybridized carbons (Fsp3) is 0.273. The van der Waals surface area contributed by atoms with Crippen LogP contribution in [0.5, 0.6) is 0 Å². The molecule has 1 aromatic carbocycles. The molecule has 4 N–H and O–H groups in total. The summed E-state index contributed by atoms with van der Waals surface area (Å²) < 4.78 is 0. The van der Waals surface area contributed by atoms with E-state index in [0.717, 1.165) is 23.2 Å². The van der Waals surface area contributed by atoms with Crippen LogP contribution in [0.25, 0.3) is 0 Å². The first kappa shape index (κ1) is 9.81. The molecule has 13 heavy (non-hydrogen) atoms. The third-order valence-electron chi connectivity index (χ3n) is 2.11. The first-order valence-corrected chi connectivity index (χ1v) is 4.37. The molecule has 0 aliphatic rings. The summed E-state index contributed by atoms with van der Waals surface area (Å²) in [7, 11) is 0. The van der Waals surface area contributed by atoms with Crippen LogP contribution >= 0.6 is 0 Å². The Morgan fingerprint density at radius 3 is 2.77 bits per heavy atom. The number of aryl methyl sites for hydroxylation is 1. The standard InChI is InChI=1S/C11H16N2/c1-3-4-11(13)10-6-5-9(12)7-8(10)2/h3,5-7,11H,1,4,12-13H2,2H3/t11-/m1/s1. The second-order valence-corrected chi connectivity index (χ2v) is 3.25. The van der Waals surface area contributed by atoms with Crippen LogP contribution in [0.2, 0.25) is 0 Å². The second-order valence-electron chi connectivity index (χ2n) is 3.25.